The van der Waals surface area contributed by atoms with E-state index in [0.29, 0.717) is 18.0 Å². The van der Waals surface area contributed by atoms with Crippen LogP contribution in [0.15, 0.2) is 60.7 Å². The lowest BCUT2D eigenvalue weighted by molar-refractivity contribution is -0.143. The van der Waals surface area contributed by atoms with Gasteiger partial charge in [-0.1, -0.05) is 73.5 Å². The van der Waals surface area contributed by atoms with Crippen LogP contribution in [0.25, 0.3) is 10.8 Å². The molecule has 0 aliphatic carbocycles. The Kier molecular flexibility index (Phi) is 10.8. The first-order valence-electron chi connectivity index (χ1n) is 14.8. The zero-order chi connectivity index (χ0) is 31.2. The quantitative estimate of drug-likeness (QED) is 0.260. The summed E-state index contributed by atoms with van der Waals surface area (Å²) in [6.07, 6.45) is 0.902. The average Bonchev–Trinajstić information content (AvgIpc) is 2.87. The van der Waals surface area contributed by atoms with E-state index in [0.717, 1.165) is 33.9 Å². The van der Waals surface area contributed by atoms with E-state index in [1.165, 1.54) is 0 Å². The van der Waals surface area contributed by atoms with E-state index < -0.39 is 23.8 Å². The van der Waals surface area contributed by atoms with Gasteiger partial charge in [-0.05, 0) is 95.7 Å². The molecule has 3 unspecified atom stereocenters. The molecule has 0 spiro atoms. The van der Waals surface area contributed by atoms with Crippen molar-refractivity contribution in [2.45, 2.75) is 98.9 Å². The van der Waals surface area contributed by atoms with Gasteiger partial charge in [0.25, 0.3) is 5.91 Å². The van der Waals surface area contributed by atoms with Crippen molar-refractivity contribution in [2.75, 3.05) is 5.32 Å². The predicted molar refractivity (Wildman–Crippen MR) is 170 cm³/mol. The fourth-order valence-corrected chi connectivity index (χ4v) is 5.17. The van der Waals surface area contributed by atoms with E-state index in [4.69, 9.17) is 4.74 Å². The van der Waals surface area contributed by atoms with Gasteiger partial charge in [-0.25, -0.2) is 4.79 Å². The number of aryl methyl sites for hydroxylation is 2. The molecule has 3 aromatic carbocycles. The average molecular weight is 574 g/mol. The molecule has 7 nitrogen and oxygen atoms in total. The summed E-state index contributed by atoms with van der Waals surface area (Å²) in [7, 11) is 0. The number of hydrogen-bond donors (Lipinski definition) is 2. The summed E-state index contributed by atoms with van der Waals surface area (Å²) in [5.41, 5.74) is 2.65. The van der Waals surface area contributed by atoms with Crippen LogP contribution in [-0.2, 0) is 14.3 Å². The zero-order valence-corrected chi connectivity index (χ0v) is 26.6. The van der Waals surface area contributed by atoms with Gasteiger partial charge in [0.1, 0.15) is 17.7 Å². The van der Waals surface area contributed by atoms with Crippen LogP contribution in [0.2, 0.25) is 0 Å². The molecule has 226 valence electrons. The molecule has 7 heteroatoms. The van der Waals surface area contributed by atoms with E-state index in [9.17, 15) is 14.4 Å². The van der Waals surface area contributed by atoms with Gasteiger partial charge in [-0.3, -0.25) is 9.59 Å². The molecular formula is C35H47N3O4. The Morgan fingerprint density at radius 2 is 1.45 bits per heavy atom. The molecule has 3 aromatic rings. The topological polar surface area (TPSA) is 87.7 Å². The highest BCUT2D eigenvalue weighted by atomic mass is 16.6. The van der Waals surface area contributed by atoms with Gasteiger partial charge in [-0.2, -0.15) is 0 Å². The number of anilines is 1. The lowest BCUT2D eigenvalue weighted by Crippen LogP contribution is -2.54. The number of fused-ring (bicyclic) bond motifs is 1. The summed E-state index contributed by atoms with van der Waals surface area (Å²) in [4.78, 5) is 42.8. The summed E-state index contributed by atoms with van der Waals surface area (Å²) in [5.74, 6) is -0.243. The summed E-state index contributed by atoms with van der Waals surface area (Å²) in [6, 6.07) is 17.6. The molecule has 0 saturated carbocycles. The number of amides is 3. The number of nitrogens with one attached hydrogen (secondary N) is 2. The SMILES string of the molecule is Cc1cc(C)cc(C(C(=O)Nc2ccc3ccccc3c2)N(C(=O)C(C)NC(=O)OC(C)(C)C)C(C)CCC(C)C)c1. The van der Waals surface area contributed by atoms with Gasteiger partial charge >= 0.3 is 6.09 Å². The van der Waals surface area contributed by atoms with Crippen LogP contribution in [-0.4, -0.2) is 40.5 Å². The van der Waals surface area contributed by atoms with Gasteiger partial charge in [0.2, 0.25) is 5.91 Å². The smallest absolute Gasteiger partial charge is 0.408 e. The Balaban J connectivity index is 2.06. The Bertz CT molecular complexity index is 1390. The Labute approximate surface area is 251 Å². The second kappa shape index (κ2) is 13.9. The minimum absolute atomic E-state index is 0.282. The van der Waals surface area contributed by atoms with Crippen LogP contribution >= 0.6 is 0 Å². The molecule has 3 atom stereocenters. The molecule has 3 amide bonds. The number of rotatable bonds is 10. The van der Waals surface area contributed by atoms with E-state index in [1.54, 1.807) is 32.6 Å². The minimum Gasteiger partial charge on any atom is -0.444 e. The van der Waals surface area contributed by atoms with Gasteiger partial charge in [0, 0.05) is 11.7 Å². The van der Waals surface area contributed by atoms with Crippen LogP contribution in [0.4, 0.5) is 10.5 Å². The van der Waals surface area contributed by atoms with Crippen LogP contribution in [0.3, 0.4) is 0 Å². The molecule has 0 bridgehead atoms. The first-order valence-corrected chi connectivity index (χ1v) is 14.8. The van der Waals surface area contributed by atoms with Crippen LogP contribution in [0, 0.1) is 19.8 Å². The van der Waals surface area contributed by atoms with Crippen LogP contribution < -0.4 is 10.6 Å². The number of benzene rings is 3. The molecule has 0 saturated heterocycles. The van der Waals surface area contributed by atoms with E-state index in [2.05, 4.69) is 24.5 Å². The fraction of sp³-hybridized carbons (Fsp3) is 0.457. The molecule has 2 N–H and O–H groups in total. The monoisotopic (exact) mass is 573 g/mol. The number of alkyl carbamates (subject to hydrolysis) is 1. The van der Waals surface area contributed by atoms with Crippen molar-refractivity contribution in [1.82, 2.24) is 10.2 Å². The van der Waals surface area contributed by atoms with Crippen molar-refractivity contribution in [3.63, 3.8) is 0 Å². The maximum absolute atomic E-state index is 14.3. The molecule has 0 radical (unpaired) electrons. The van der Waals surface area contributed by atoms with Crippen molar-refractivity contribution in [3.05, 3.63) is 77.4 Å². The van der Waals surface area contributed by atoms with Gasteiger partial charge < -0.3 is 20.3 Å². The van der Waals surface area contributed by atoms with E-state index in [-0.39, 0.29) is 17.9 Å². The highest BCUT2D eigenvalue weighted by Gasteiger charge is 2.38. The standard InChI is InChI=1S/C35H47N3O4/c1-22(2)14-15-25(5)38(33(40)26(6)36-34(41)42-35(7,8)9)31(29-19-23(3)18-24(4)20-29)32(39)37-30-17-16-27-12-10-11-13-28(27)21-30/h10-13,16-22,25-26,31H,14-15H2,1-9H3,(H,36,41)(H,37,39). The molecule has 0 aromatic heterocycles. The molecule has 0 fully saturated rings. The minimum atomic E-state index is -0.924. The molecular weight excluding hydrogens is 526 g/mol. The normalized spacial score (nSPS) is 13.8. The predicted octanol–water partition coefficient (Wildman–Crippen LogP) is 7.70. The second-order valence-electron chi connectivity index (χ2n) is 12.8. The fourth-order valence-electron chi connectivity index (χ4n) is 5.17. The largest absolute Gasteiger partial charge is 0.444 e. The van der Waals surface area contributed by atoms with E-state index in [1.807, 2.05) is 81.4 Å². The maximum Gasteiger partial charge on any atom is 0.408 e. The van der Waals surface area contributed by atoms with Gasteiger partial charge in [-0.15, -0.1) is 0 Å². The Hall–Kier alpha value is -3.87. The summed E-state index contributed by atoms with van der Waals surface area (Å²) < 4.78 is 5.42. The second-order valence-corrected chi connectivity index (χ2v) is 12.8. The highest BCUT2D eigenvalue weighted by molar-refractivity contribution is 6.00. The molecule has 0 aliphatic heterocycles. The van der Waals surface area contributed by atoms with Gasteiger partial charge in [0.05, 0.1) is 0 Å². The van der Waals surface area contributed by atoms with Crippen molar-refractivity contribution in [2.24, 2.45) is 5.92 Å². The van der Waals surface area contributed by atoms with Crippen molar-refractivity contribution in [1.29, 1.82) is 0 Å². The summed E-state index contributed by atoms with van der Waals surface area (Å²) in [5, 5.41) is 7.86. The highest BCUT2D eigenvalue weighted by Crippen LogP contribution is 2.30. The third-order valence-electron chi connectivity index (χ3n) is 7.10. The number of carbonyl (C=O) groups is 3. The molecule has 42 heavy (non-hydrogen) atoms. The molecule has 0 heterocycles. The van der Waals surface area contributed by atoms with Crippen molar-refractivity contribution < 1.29 is 19.1 Å². The third-order valence-corrected chi connectivity index (χ3v) is 7.10. The van der Waals surface area contributed by atoms with Crippen LogP contribution in [0.5, 0.6) is 0 Å². The lowest BCUT2D eigenvalue weighted by atomic mass is 9.95. The first-order chi connectivity index (χ1) is 19.6. The Morgan fingerprint density at radius 3 is 2.05 bits per heavy atom. The molecule has 3 rings (SSSR count). The van der Waals surface area contributed by atoms with Crippen LogP contribution in [0.1, 0.15) is 84.0 Å². The first kappa shape index (κ1) is 32.6. The third kappa shape index (κ3) is 9.07. The zero-order valence-electron chi connectivity index (χ0n) is 26.6. The molecule has 0 aliphatic rings. The Morgan fingerprint density at radius 1 is 0.833 bits per heavy atom. The number of nitrogens with zero attached hydrogens (tertiary/aromatic N) is 1. The maximum atomic E-state index is 14.3. The number of ether oxygens (including phenoxy) is 1. The summed E-state index contributed by atoms with van der Waals surface area (Å²) >= 11 is 0. The number of hydrogen-bond acceptors (Lipinski definition) is 4. The van der Waals surface area contributed by atoms with Gasteiger partial charge in [0.15, 0.2) is 0 Å². The number of carbonyl (C=O) groups excluding carboxylic acids is 3. The summed E-state index contributed by atoms with van der Waals surface area (Å²) in [6.45, 7) is 17.2. The lowest BCUT2D eigenvalue weighted by Gasteiger charge is -2.38. The van der Waals surface area contributed by atoms with Crippen molar-refractivity contribution in [3.8, 4) is 0 Å². The van der Waals surface area contributed by atoms with E-state index >= 15 is 0 Å². The van der Waals surface area contributed by atoms with Crippen molar-refractivity contribution >= 4 is 34.4 Å².